The Morgan fingerprint density at radius 3 is 2.28 bits per heavy atom. The van der Waals surface area contributed by atoms with E-state index in [-0.39, 0.29) is 23.4 Å². The Morgan fingerprint density at radius 2 is 1.75 bits per heavy atom. The minimum atomic E-state index is -4.72. The lowest BCUT2D eigenvalue weighted by molar-refractivity contribution is -0.308. The van der Waals surface area contributed by atoms with Gasteiger partial charge < -0.3 is 9.90 Å². The number of aliphatic carboxylic acids is 1. The van der Waals surface area contributed by atoms with Crippen LogP contribution in [0.5, 0.6) is 0 Å². The van der Waals surface area contributed by atoms with Crippen molar-refractivity contribution in [3.8, 4) is 0 Å². The average Bonchev–Trinajstić information content (AvgIpc) is 2.89. The third kappa shape index (κ3) is 4.59. The third-order valence-electron chi connectivity index (χ3n) is 4.99. The number of benzene rings is 1. The SMILES string of the molecule is CC1=C(CC(C(=O)[O-])c2ccc(C)cc2)C(=O)N(Nc2ccc(C(F)(F)F)c(Cl)n2)C1=O. The number of amides is 2. The van der Waals surface area contributed by atoms with Gasteiger partial charge in [-0.3, -0.25) is 15.0 Å². The minimum absolute atomic E-state index is 0.00105. The number of carbonyl (C=O) groups is 3. The minimum Gasteiger partial charge on any atom is -0.549 e. The van der Waals surface area contributed by atoms with E-state index in [4.69, 9.17) is 11.6 Å². The largest absolute Gasteiger partial charge is 0.549 e. The maximum Gasteiger partial charge on any atom is 0.419 e. The van der Waals surface area contributed by atoms with E-state index in [1.165, 1.54) is 6.92 Å². The van der Waals surface area contributed by atoms with Crippen LogP contribution in [-0.2, 0) is 20.6 Å². The molecule has 2 heterocycles. The predicted octanol–water partition coefficient (Wildman–Crippen LogP) is 3.00. The van der Waals surface area contributed by atoms with Gasteiger partial charge in [0.1, 0.15) is 11.0 Å². The normalized spacial score (nSPS) is 15.4. The van der Waals surface area contributed by atoms with Crippen molar-refractivity contribution in [2.45, 2.75) is 32.4 Å². The van der Waals surface area contributed by atoms with Crippen LogP contribution in [0.25, 0.3) is 0 Å². The number of alkyl halides is 3. The Labute approximate surface area is 185 Å². The first-order chi connectivity index (χ1) is 14.9. The molecule has 1 aromatic heterocycles. The number of hydrogen-bond acceptors (Lipinski definition) is 6. The molecule has 0 fully saturated rings. The highest BCUT2D eigenvalue weighted by Crippen LogP contribution is 2.35. The molecule has 1 aliphatic rings. The Kier molecular flexibility index (Phi) is 6.27. The number of carbonyl (C=O) groups excluding carboxylic acids is 3. The molecule has 1 unspecified atom stereocenters. The third-order valence-corrected chi connectivity index (χ3v) is 5.28. The standard InChI is InChI=1S/C21H17ClF3N3O4/c1-10-3-5-12(6-4-10)14(20(31)32)9-13-11(2)18(29)28(19(13)30)27-16-8-7-15(17(22)26-16)21(23,24)25/h3-8,14H,9H2,1-2H3,(H,26,27)(H,31,32)/p-1. The molecule has 32 heavy (non-hydrogen) atoms. The molecule has 3 rings (SSSR count). The molecule has 7 nitrogen and oxygen atoms in total. The monoisotopic (exact) mass is 466 g/mol. The second-order valence-electron chi connectivity index (χ2n) is 7.18. The molecule has 168 valence electrons. The van der Waals surface area contributed by atoms with Gasteiger partial charge in [0, 0.05) is 23.0 Å². The van der Waals surface area contributed by atoms with Crippen molar-refractivity contribution in [1.82, 2.24) is 9.99 Å². The molecule has 0 spiro atoms. The molecule has 11 heteroatoms. The number of anilines is 1. The van der Waals surface area contributed by atoms with Crippen molar-refractivity contribution in [3.05, 3.63) is 69.4 Å². The molecule has 1 aromatic carbocycles. The fraction of sp³-hybridized carbons (Fsp3) is 0.238. The van der Waals surface area contributed by atoms with Gasteiger partial charge in [-0.2, -0.15) is 18.2 Å². The number of nitrogens with zero attached hydrogens (tertiary/aromatic N) is 2. The van der Waals surface area contributed by atoms with Crippen LogP contribution in [0.3, 0.4) is 0 Å². The summed E-state index contributed by atoms with van der Waals surface area (Å²) in [5, 5.41) is 11.4. The van der Waals surface area contributed by atoms with Gasteiger partial charge >= 0.3 is 6.18 Å². The Balaban J connectivity index is 1.83. The quantitative estimate of drug-likeness (QED) is 0.518. The van der Waals surface area contributed by atoms with Crippen LogP contribution in [0, 0.1) is 6.92 Å². The zero-order valence-electron chi connectivity index (χ0n) is 16.8. The summed E-state index contributed by atoms with van der Waals surface area (Å²) in [5.74, 6) is -4.51. The molecule has 0 saturated heterocycles. The van der Waals surface area contributed by atoms with Crippen molar-refractivity contribution < 1.29 is 32.7 Å². The summed E-state index contributed by atoms with van der Waals surface area (Å²) in [6, 6.07) is 8.18. The van der Waals surface area contributed by atoms with Crippen LogP contribution in [0.4, 0.5) is 19.0 Å². The highest BCUT2D eigenvalue weighted by Gasteiger charge is 2.38. The van der Waals surface area contributed by atoms with E-state index >= 15 is 0 Å². The van der Waals surface area contributed by atoms with Gasteiger partial charge in [-0.05, 0) is 38.0 Å². The molecule has 0 aliphatic carbocycles. The molecule has 0 bridgehead atoms. The second-order valence-corrected chi connectivity index (χ2v) is 7.54. The van der Waals surface area contributed by atoms with E-state index in [0.717, 1.165) is 11.6 Å². The number of carboxylic acids is 1. The zero-order chi connectivity index (χ0) is 23.8. The van der Waals surface area contributed by atoms with Crippen molar-refractivity contribution in [1.29, 1.82) is 0 Å². The van der Waals surface area contributed by atoms with E-state index in [1.54, 1.807) is 24.3 Å². The summed E-state index contributed by atoms with van der Waals surface area (Å²) in [6.07, 6.45) is -5.02. The molecule has 1 aliphatic heterocycles. The molecule has 2 amide bonds. The van der Waals surface area contributed by atoms with E-state index in [1.807, 2.05) is 6.92 Å². The van der Waals surface area contributed by atoms with E-state index < -0.39 is 40.6 Å². The first-order valence-electron chi connectivity index (χ1n) is 9.26. The number of halogens is 4. The molecule has 0 saturated carbocycles. The molecule has 1 N–H and O–H groups in total. The van der Waals surface area contributed by atoms with E-state index in [9.17, 15) is 32.7 Å². The predicted molar refractivity (Wildman–Crippen MR) is 106 cm³/mol. The van der Waals surface area contributed by atoms with Crippen molar-refractivity contribution >= 4 is 35.2 Å². The Morgan fingerprint density at radius 1 is 1.12 bits per heavy atom. The maximum atomic E-state index is 12.8. The Hall–Kier alpha value is -3.40. The molecule has 0 radical (unpaired) electrons. The number of aryl methyl sites for hydroxylation is 1. The van der Waals surface area contributed by atoms with Gasteiger partial charge in [-0.1, -0.05) is 41.4 Å². The second kappa shape index (κ2) is 8.62. The van der Waals surface area contributed by atoms with Crippen LogP contribution in [0.1, 0.15) is 36.0 Å². The fourth-order valence-electron chi connectivity index (χ4n) is 3.19. The number of carboxylic acid groups (broad SMARTS) is 1. The number of aromatic nitrogens is 1. The van der Waals surface area contributed by atoms with Crippen molar-refractivity contribution in [2.75, 3.05) is 5.43 Å². The average molecular weight is 467 g/mol. The van der Waals surface area contributed by atoms with Gasteiger partial charge in [0.25, 0.3) is 11.8 Å². The van der Waals surface area contributed by atoms with Crippen LogP contribution < -0.4 is 10.5 Å². The zero-order valence-corrected chi connectivity index (χ0v) is 17.5. The summed E-state index contributed by atoms with van der Waals surface area (Å²) < 4.78 is 38.5. The first kappa shape index (κ1) is 23.3. The maximum absolute atomic E-state index is 12.8. The van der Waals surface area contributed by atoms with Crippen LogP contribution in [0.15, 0.2) is 47.5 Å². The summed E-state index contributed by atoms with van der Waals surface area (Å²) >= 11 is 5.57. The van der Waals surface area contributed by atoms with Crippen LogP contribution >= 0.6 is 11.6 Å². The summed E-state index contributed by atoms with van der Waals surface area (Å²) in [6.45, 7) is 3.18. The molecular formula is C21H16ClF3N3O4-. The van der Waals surface area contributed by atoms with Gasteiger partial charge in [-0.25, -0.2) is 4.98 Å². The van der Waals surface area contributed by atoms with Gasteiger partial charge in [0.15, 0.2) is 0 Å². The first-order valence-corrected chi connectivity index (χ1v) is 9.64. The lowest BCUT2D eigenvalue weighted by Crippen LogP contribution is -2.38. The van der Waals surface area contributed by atoms with E-state index in [0.29, 0.717) is 16.6 Å². The van der Waals surface area contributed by atoms with Gasteiger partial charge in [0.2, 0.25) is 0 Å². The van der Waals surface area contributed by atoms with Crippen LogP contribution in [0.2, 0.25) is 5.15 Å². The smallest absolute Gasteiger partial charge is 0.419 e. The number of hydrogen-bond donors (Lipinski definition) is 1. The molecular weight excluding hydrogens is 451 g/mol. The summed E-state index contributed by atoms with van der Waals surface area (Å²) in [7, 11) is 0. The number of hydrazine groups is 1. The highest BCUT2D eigenvalue weighted by molar-refractivity contribution is 6.30. The summed E-state index contributed by atoms with van der Waals surface area (Å²) in [5.41, 5.74) is 2.41. The molecule has 2 aromatic rings. The number of nitrogens with one attached hydrogen (secondary N) is 1. The lowest BCUT2D eigenvalue weighted by atomic mass is 9.90. The van der Waals surface area contributed by atoms with Crippen molar-refractivity contribution in [2.24, 2.45) is 0 Å². The summed E-state index contributed by atoms with van der Waals surface area (Å²) in [4.78, 5) is 40.6. The highest BCUT2D eigenvalue weighted by atomic mass is 35.5. The van der Waals surface area contributed by atoms with Gasteiger partial charge in [-0.15, -0.1) is 0 Å². The van der Waals surface area contributed by atoms with Crippen LogP contribution in [-0.4, -0.2) is 27.8 Å². The van der Waals surface area contributed by atoms with Crippen molar-refractivity contribution in [3.63, 3.8) is 0 Å². The fourth-order valence-corrected chi connectivity index (χ4v) is 3.45. The Bertz CT molecular complexity index is 1130. The lowest BCUT2D eigenvalue weighted by Gasteiger charge is -2.20. The van der Waals surface area contributed by atoms with Gasteiger partial charge in [0.05, 0.1) is 5.56 Å². The topological polar surface area (TPSA) is 102 Å². The number of imide groups is 1. The van der Waals surface area contributed by atoms with E-state index in [2.05, 4.69) is 10.4 Å². The number of pyridine rings is 1. The molecule has 1 atom stereocenters. The number of rotatable bonds is 6.